The van der Waals surface area contributed by atoms with Crippen molar-refractivity contribution in [3.05, 3.63) is 35.6 Å². The molecule has 0 amide bonds. The first-order valence-electron chi connectivity index (χ1n) is 6.93. The van der Waals surface area contributed by atoms with Gasteiger partial charge in [0, 0.05) is 30.2 Å². The van der Waals surface area contributed by atoms with Gasteiger partial charge in [-0.2, -0.15) is 0 Å². The fourth-order valence-corrected chi connectivity index (χ4v) is 3.49. The summed E-state index contributed by atoms with van der Waals surface area (Å²) >= 11 is 0. The van der Waals surface area contributed by atoms with Gasteiger partial charge in [0.2, 0.25) is 0 Å². The Balaban J connectivity index is 1.89. The Morgan fingerprint density at radius 2 is 2.11 bits per heavy atom. The highest BCUT2D eigenvalue weighted by Gasteiger charge is 2.47. The van der Waals surface area contributed by atoms with E-state index in [4.69, 9.17) is 0 Å². The summed E-state index contributed by atoms with van der Waals surface area (Å²) in [5.74, 6) is -0.0369. The molecule has 1 atom stereocenters. The third-order valence-corrected chi connectivity index (χ3v) is 4.76. The van der Waals surface area contributed by atoms with Gasteiger partial charge in [-0.15, -0.1) is 0 Å². The number of likely N-dealkylation sites (tertiary alicyclic amines) is 1. The molecule has 98 valence electrons. The van der Waals surface area contributed by atoms with Crippen molar-refractivity contribution in [1.82, 2.24) is 10.2 Å². The fourth-order valence-electron chi connectivity index (χ4n) is 3.49. The van der Waals surface area contributed by atoms with Crippen LogP contribution in [0.5, 0.6) is 0 Å². The van der Waals surface area contributed by atoms with E-state index in [0.717, 1.165) is 31.5 Å². The molecule has 3 rings (SSSR count). The Hall–Kier alpha value is -0.930. The highest BCUT2D eigenvalue weighted by Crippen LogP contribution is 2.48. The normalized spacial score (nSPS) is 27.1. The van der Waals surface area contributed by atoms with Crippen LogP contribution in [0.4, 0.5) is 4.39 Å². The average molecular weight is 248 g/mol. The van der Waals surface area contributed by atoms with Crippen LogP contribution in [0.25, 0.3) is 0 Å². The molecule has 2 aliphatic rings. The van der Waals surface area contributed by atoms with Gasteiger partial charge in [-0.1, -0.05) is 18.2 Å². The number of halogens is 1. The summed E-state index contributed by atoms with van der Waals surface area (Å²) in [6, 6.07) is 7.88. The van der Waals surface area contributed by atoms with Crippen molar-refractivity contribution in [1.29, 1.82) is 0 Å². The molecular weight excluding hydrogens is 227 g/mol. The second kappa shape index (κ2) is 4.63. The minimum absolute atomic E-state index is 0.0169. The lowest BCUT2D eigenvalue weighted by Crippen LogP contribution is -2.51. The zero-order valence-electron chi connectivity index (χ0n) is 11.0. The van der Waals surface area contributed by atoms with E-state index in [0.29, 0.717) is 6.04 Å². The maximum absolute atomic E-state index is 14.1. The summed E-state index contributed by atoms with van der Waals surface area (Å²) in [7, 11) is 2.02. The Kier molecular flexibility index (Phi) is 3.12. The summed E-state index contributed by atoms with van der Waals surface area (Å²) in [4.78, 5) is 2.50. The molecule has 0 bridgehead atoms. The molecule has 0 radical (unpaired) electrons. The van der Waals surface area contributed by atoms with E-state index in [1.807, 2.05) is 19.2 Å². The molecule has 2 fully saturated rings. The maximum atomic E-state index is 14.1. The predicted molar refractivity (Wildman–Crippen MR) is 71.0 cm³/mol. The molecule has 18 heavy (non-hydrogen) atoms. The number of nitrogens with one attached hydrogen (secondary N) is 1. The third kappa shape index (κ3) is 1.77. The first-order chi connectivity index (χ1) is 8.76. The molecule has 1 aromatic rings. The van der Waals surface area contributed by atoms with E-state index in [2.05, 4.69) is 10.2 Å². The van der Waals surface area contributed by atoms with Crippen LogP contribution in [0.15, 0.2) is 24.3 Å². The largest absolute Gasteiger partial charge is 0.316 e. The first kappa shape index (κ1) is 12.1. The van der Waals surface area contributed by atoms with Crippen molar-refractivity contribution in [2.24, 2.45) is 0 Å². The van der Waals surface area contributed by atoms with Crippen LogP contribution in [0.1, 0.15) is 31.2 Å². The van der Waals surface area contributed by atoms with Gasteiger partial charge in [0.1, 0.15) is 5.82 Å². The Labute approximate surface area is 108 Å². The number of hydrogen-bond acceptors (Lipinski definition) is 2. The molecule has 0 spiro atoms. The lowest BCUT2D eigenvalue weighted by molar-refractivity contribution is 0.0274. The van der Waals surface area contributed by atoms with Gasteiger partial charge in [-0.3, -0.25) is 4.90 Å². The van der Waals surface area contributed by atoms with E-state index in [1.54, 1.807) is 12.1 Å². The van der Waals surface area contributed by atoms with E-state index in [-0.39, 0.29) is 11.4 Å². The summed E-state index contributed by atoms with van der Waals surface area (Å²) in [5.41, 5.74) is 0.893. The van der Waals surface area contributed by atoms with E-state index >= 15 is 0 Å². The number of nitrogens with zero attached hydrogens (tertiary/aromatic N) is 1. The monoisotopic (exact) mass is 248 g/mol. The second-order valence-corrected chi connectivity index (χ2v) is 5.59. The van der Waals surface area contributed by atoms with Crippen molar-refractivity contribution in [2.75, 3.05) is 20.1 Å². The van der Waals surface area contributed by atoms with Gasteiger partial charge >= 0.3 is 0 Å². The minimum atomic E-state index is -0.0369. The van der Waals surface area contributed by atoms with Gasteiger partial charge in [-0.05, 0) is 38.8 Å². The van der Waals surface area contributed by atoms with Gasteiger partial charge in [0.25, 0.3) is 0 Å². The lowest BCUT2D eigenvalue weighted by atomic mass is 9.70. The van der Waals surface area contributed by atoms with Gasteiger partial charge < -0.3 is 5.32 Å². The zero-order valence-corrected chi connectivity index (χ0v) is 11.0. The van der Waals surface area contributed by atoms with E-state index in [9.17, 15) is 4.39 Å². The molecule has 0 aromatic heterocycles. The number of hydrogen-bond donors (Lipinski definition) is 1. The van der Waals surface area contributed by atoms with Crippen molar-refractivity contribution < 1.29 is 4.39 Å². The summed E-state index contributed by atoms with van der Waals surface area (Å²) in [6.07, 6.45) is 4.59. The second-order valence-electron chi connectivity index (χ2n) is 5.59. The van der Waals surface area contributed by atoms with Crippen LogP contribution in [0.3, 0.4) is 0 Å². The molecule has 3 heteroatoms. The average Bonchev–Trinajstić information content (AvgIpc) is 2.79. The molecule has 1 aliphatic heterocycles. The molecular formula is C15H21FN2. The Bertz CT molecular complexity index is 428. The molecule has 1 unspecified atom stereocenters. The Morgan fingerprint density at radius 3 is 2.67 bits per heavy atom. The standard InChI is InChI=1S/C15H21FN2/c1-17-12-7-10-18(11-12)15(8-4-9-15)13-5-2-3-6-14(13)16/h2-3,5-6,12,17H,4,7-11H2,1H3. The van der Waals surface area contributed by atoms with Crippen LogP contribution in [0, 0.1) is 5.82 Å². The number of likely N-dealkylation sites (N-methyl/N-ethyl adjacent to an activating group) is 1. The van der Waals surface area contributed by atoms with Crippen LogP contribution in [-0.2, 0) is 5.54 Å². The van der Waals surface area contributed by atoms with Gasteiger partial charge in [0.15, 0.2) is 0 Å². The van der Waals surface area contributed by atoms with Crippen LogP contribution < -0.4 is 5.32 Å². The summed E-state index contributed by atoms with van der Waals surface area (Å²) in [6.45, 7) is 2.13. The van der Waals surface area contributed by atoms with Crippen molar-refractivity contribution in [3.63, 3.8) is 0 Å². The molecule has 1 heterocycles. The Morgan fingerprint density at radius 1 is 1.33 bits per heavy atom. The summed E-state index contributed by atoms with van der Waals surface area (Å²) in [5, 5.41) is 3.34. The number of rotatable bonds is 3. The highest BCUT2D eigenvalue weighted by molar-refractivity contribution is 5.29. The fraction of sp³-hybridized carbons (Fsp3) is 0.600. The van der Waals surface area contributed by atoms with Gasteiger partial charge in [-0.25, -0.2) is 4.39 Å². The number of benzene rings is 1. The SMILES string of the molecule is CNC1CCN(C2(c3ccccc3F)CCC2)C1. The molecule has 1 N–H and O–H groups in total. The van der Waals surface area contributed by atoms with Crippen molar-refractivity contribution in [2.45, 2.75) is 37.3 Å². The molecule has 1 aliphatic carbocycles. The lowest BCUT2D eigenvalue weighted by Gasteiger charge is -2.49. The van der Waals surface area contributed by atoms with Crippen LogP contribution >= 0.6 is 0 Å². The molecule has 1 saturated carbocycles. The van der Waals surface area contributed by atoms with Crippen LogP contribution in [0.2, 0.25) is 0 Å². The quantitative estimate of drug-likeness (QED) is 0.884. The molecule has 1 saturated heterocycles. The maximum Gasteiger partial charge on any atom is 0.128 e. The predicted octanol–water partition coefficient (Wildman–Crippen LogP) is 2.50. The van der Waals surface area contributed by atoms with Crippen molar-refractivity contribution in [3.8, 4) is 0 Å². The zero-order chi connectivity index (χ0) is 12.6. The smallest absolute Gasteiger partial charge is 0.128 e. The van der Waals surface area contributed by atoms with Crippen molar-refractivity contribution >= 4 is 0 Å². The van der Waals surface area contributed by atoms with E-state index < -0.39 is 0 Å². The molecule has 2 nitrogen and oxygen atoms in total. The highest BCUT2D eigenvalue weighted by atomic mass is 19.1. The van der Waals surface area contributed by atoms with Crippen LogP contribution in [-0.4, -0.2) is 31.1 Å². The molecule has 1 aromatic carbocycles. The minimum Gasteiger partial charge on any atom is -0.316 e. The first-order valence-corrected chi connectivity index (χ1v) is 6.93. The topological polar surface area (TPSA) is 15.3 Å². The van der Waals surface area contributed by atoms with E-state index in [1.165, 1.54) is 12.8 Å². The van der Waals surface area contributed by atoms with Gasteiger partial charge in [0.05, 0.1) is 0 Å². The summed E-state index contributed by atoms with van der Waals surface area (Å²) < 4.78 is 14.1. The third-order valence-electron chi connectivity index (χ3n) is 4.76.